The second-order valence-corrected chi connectivity index (χ2v) is 14.4. The smallest absolute Gasteiger partial charge is 0.0562 e. The van der Waals surface area contributed by atoms with Gasteiger partial charge in [0, 0.05) is 47.4 Å². The van der Waals surface area contributed by atoms with Crippen molar-refractivity contribution < 1.29 is 0 Å². The molecule has 3 aromatic heterocycles. The van der Waals surface area contributed by atoms with Gasteiger partial charge < -0.3 is 9.13 Å². The van der Waals surface area contributed by atoms with Crippen molar-refractivity contribution in [1.82, 2.24) is 9.13 Å². The summed E-state index contributed by atoms with van der Waals surface area (Å²) in [6.45, 7) is 0. The number of benzene rings is 8. The third-order valence-electron chi connectivity index (χ3n) is 10.5. The molecule has 0 bridgehead atoms. The SMILES string of the molecule is c1ccc(-c2ccc(-c3cccc4c3sc3cccc(-n5c6ccccc6c6ccc(-n7c8ccccc8c8ccccc87)cc65)c34)cc2)cc1. The van der Waals surface area contributed by atoms with Gasteiger partial charge in [-0.2, -0.15) is 0 Å². The summed E-state index contributed by atoms with van der Waals surface area (Å²) in [5.41, 5.74) is 12.2. The number of rotatable bonds is 4. The lowest BCUT2D eigenvalue weighted by atomic mass is 9.99. The monoisotopic (exact) mass is 666 g/mol. The molecule has 11 aromatic rings. The van der Waals surface area contributed by atoms with Crippen LogP contribution in [0.5, 0.6) is 0 Å². The van der Waals surface area contributed by atoms with E-state index in [0.717, 1.165) is 5.69 Å². The highest BCUT2D eigenvalue weighted by Gasteiger charge is 2.20. The van der Waals surface area contributed by atoms with E-state index in [1.165, 1.54) is 91.7 Å². The Morgan fingerprint density at radius 1 is 0.353 bits per heavy atom. The lowest BCUT2D eigenvalue weighted by molar-refractivity contribution is 1.16. The predicted octanol–water partition coefficient (Wildman–Crippen LogP) is 13.6. The molecule has 0 aliphatic carbocycles. The molecule has 0 aliphatic heterocycles. The first-order valence-electron chi connectivity index (χ1n) is 17.4. The van der Waals surface area contributed by atoms with Gasteiger partial charge in [-0.05, 0) is 64.7 Å². The Bertz CT molecular complexity index is 3070. The number of hydrogen-bond acceptors (Lipinski definition) is 1. The van der Waals surface area contributed by atoms with Crippen LogP contribution in [-0.4, -0.2) is 9.13 Å². The van der Waals surface area contributed by atoms with E-state index in [9.17, 15) is 0 Å². The summed E-state index contributed by atoms with van der Waals surface area (Å²) < 4.78 is 7.53. The Kier molecular flexibility index (Phi) is 6.16. The topological polar surface area (TPSA) is 9.86 Å². The van der Waals surface area contributed by atoms with Crippen LogP contribution in [0.2, 0.25) is 0 Å². The fourth-order valence-electron chi connectivity index (χ4n) is 8.27. The van der Waals surface area contributed by atoms with E-state index in [-0.39, 0.29) is 0 Å². The predicted molar refractivity (Wildman–Crippen MR) is 219 cm³/mol. The summed E-state index contributed by atoms with van der Waals surface area (Å²) in [5.74, 6) is 0. The first-order chi connectivity index (χ1) is 25.3. The zero-order valence-corrected chi connectivity index (χ0v) is 28.4. The molecule has 0 atom stereocenters. The quantitative estimate of drug-likeness (QED) is 0.177. The van der Waals surface area contributed by atoms with Gasteiger partial charge in [0.15, 0.2) is 0 Å². The Balaban J connectivity index is 1.15. The molecular weight excluding hydrogens is 637 g/mol. The minimum absolute atomic E-state index is 1.16. The Morgan fingerprint density at radius 3 is 1.61 bits per heavy atom. The van der Waals surface area contributed by atoms with Gasteiger partial charge in [0.05, 0.1) is 27.8 Å². The van der Waals surface area contributed by atoms with Crippen molar-refractivity contribution in [2.75, 3.05) is 0 Å². The standard InChI is InChI=1S/C48H30N2S/c1-2-12-31(13-3-1)32-24-26-33(27-25-32)35-17-10-18-40-47-44(22-11-23-46(47)51-48(35)40)50-43-21-9-6-16-38(43)39-29-28-34(30-45(39)50)49-41-19-7-4-14-36(41)37-15-5-8-20-42(37)49/h1-30H. The molecule has 0 radical (unpaired) electrons. The fourth-order valence-corrected chi connectivity index (χ4v) is 9.53. The fraction of sp³-hybridized carbons (Fsp3) is 0. The van der Waals surface area contributed by atoms with Crippen LogP contribution in [-0.2, 0) is 0 Å². The molecule has 11 rings (SSSR count). The van der Waals surface area contributed by atoms with Gasteiger partial charge in [0.1, 0.15) is 0 Å². The van der Waals surface area contributed by atoms with E-state index >= 15 is 0 Å². The number of thiophene rings is 1. The molecule has 0 saturated carbocycles. The summed E-state index contributed by atoms with van der Waals surface area (Å²) >= 11 is 1.89. The van der Waals surface area contributed by atoms with Crippen molar-refractivity contribution in [1.29, 1.82) is 0 Å². The normalized spacial score (nSPS) is 11.9. The zero-order chi connectivity index (χ0) is 33.5. The molecule has 2 nitrogen and oxygen atoms in total. The third kappa shape index (κ3) is 4.22. The summed E-state index contributed by atoms with van der Waals surface area (Å²) in [6, 6.07) is 66.6. The zero-order valence-electron chi connectivity index (χ0n) is 27.6. The molecule has 0 amide bonds. The highest BCUT2D eigenvalue weighted by Crippen LogP contribution is 2.45. The largest absolute Gasteiger partial charge is 0.309 e. The first-order valence-corrected chi connectivity index (χ1v) is 18.3. The molecule has 51 heavy (non-hydrogen) atoms. The van der Waals surface area contributed by atoms with E-state index in [1.807, 2.05) is 11.3 Å². The van der Waals surface area contributed by atoms with Crippen LogP contribution in [0.15, 0.2) is 182 Å². The van der Waals surface area contributed by atoms with Crippen LogP contribution < -0.4 is 0 Å². The third-order valence-corrected chi connectivity index (χ3v) is 11.7. The molecule has 0 unspecified atom stereocenters. The Hall–Kier alpha value is -6.42. The average molecular weight is 667 g/mol. The first kappa shape index (κ1) is 28.4. The van der Waals surface area contributed by atoms with Gasteiger partial charge in [-0.3, -0.25) is 0 Å². The number of aromatic nitrogens is 2. The lowest BCUT2D eigenvalue weighted by Crippen LogP contribution is -1.97. The van der Waals surface area contributed by atoms with Gasteiger partial charge in [-0.25, -0.2) is 0 Å². The second kappa shape index (κ2) is 11.0. The minimum atomic E-state index is 1.16. The number of para-hydroxylation sites is 3. The minimum Gasteiger partial charge on any atom is -0.309 e. The van der Waals surface area contributed by atoms with Gasteiger partial charge in [0.2, 0.25) is 0 Å². The highest BCUT2D eigenvalue weighted by atomic mass is 32.1. The molecule has 238 valence electrons. The maximum absolute atomic E-state index is 2.50. The van der Waals surface area contributed by atoms with Crippen LogP contribution in [0.25, 0.3) is 97.4 Å². The van der Waals surface area contributed by atoms with E-state index in [0.29, 0.717) is 0 Å². The van der Waals surface area contributed by atoms with Crippen LogP contribution in [0.1, 0.15) is 0 Å². The molecule has 0 fully saturated rings. The van der Waals surface area contributed by atoms with Gasteiger partial charge >= 0.3 is 0 Å². The number of fused-ring (bicyclic) bond motifs is 9. The van der Waals surface area contributed by atoms with Crippen molar-refractivity contribution in [3.63, 3.8) is 0 Å². The van der Waals surface area contributed by atoms with Crippen molar-refractivity contribution in [3.05, 3.63) is 182 Å². The molecule has 0 spiro atoms. The maximum atomic E-state index is 2.50. The number of nitrogens with zero attached hydrogens (tertiary/aromatic N) is 2. The summed E-state index contributed by atoms with van der Waals surface area (Å²) in [4.78, 5) is 0. The maximum Gasteiger partial charge on any atom is 0.0562 e. The summed E-state index contributed by atoms with van der Waals surface area (Å²) in [6.07, 6.45) is 0. The molecule has 8 aromatic carbocycles. The van der Waals surface area contributed by atoms with E-state index in [2.05, 4.69) is 191 Å². The average Bonchev–Trinajstić information content (AvgIpc) is 3.86. The van der Waals surface area contributed by atoms with Crippen LogP contribution in [0, 0.1) is 0 Å². The second-order valence-electron chi connectivity index (χ2n) is 13.3. The molecular formula is C48H30N2S. The lowest BCUT2D eigenvalue weighted by Gasteiger charge is -2.12. The van der Waals surface area contributed by atoms with Crippen molar-refractivity contribution in [2.24, 2.45) is 0 Å². The highest BCUT2D eigenvalue weighted by molar-refractivity contribution is 7.26. The van der Waals surface area contributed by atoms with E-state index < -0.39 is 0 Å². The molecule has 3 heterocycles. The van der Waals surface area contributed by atoms with Crippen molar-refractivity contribution in [2.45, 2.75) is 0 Å². The summed E-state index contributed by atoms with van der Waals surface area (Å²) in [7, 11) is 0. The molecule has 0 aliphatic rings. The van der Waals surface area contributed by atoms with E-state index in [4.69, 9.17) is 0 Å². The Morgan fingerprint density at radius 2 is 0.902 bits per heavy atom. The van der Waals surface area contributed by atoms with Crippen LogP contribution in [0.3, 0.4) is 0 Å². The van der Waals surface area contributed by atoms with Crippen molar-refractivity contribution >= 4 is 75.1 Å². The van der Waals surface area contributed by atoms with E-state index in [1.54, 1.807) is 0 Å². The molecule has 0 saturated heterocycles. The van der Waals surface area contributed by atoms with Gasteiger partial charge in [0.25, 0.3) is 0 Å². The summed E-state index contributed by atoms with van der Waals surface area (Å²) in [5, 5.41) is 7.65. The van der Waals surface area contributed by atoms with Gasteiger partial charge in [-0.1, -0.05) is 140 Å². The number of hydrogen-bond donors (Lipinski definition) is 0. The van der Waals surface area contributed by atoms with Crippen LogP contribution in [0.4, 0.5) is 0 Å². The van der Waals surface area contributed by atoms with Gasteiger partial charge in [-0.15, -0.1) is 11.3 Å². The molecule has 0 N–H and O–H groups in total. The van der Waals surface area contributed by atoms with Crippen molar-refractivity contribution in [3.8, 4) is 33.6 Å². The van der Waals surface area contributed by atoms with Crippen LogP contribution >= 0.6 is 11.3 Å². The molecule has 3 heteroatoms. The Labute approximate surface area is 298 Å².